The molecule has 162 valence electrons. The van der Waals surface area contributed by atoms with Gasteiger partial charge in [-0.2, -0.15) is 0 Å². The van der Waals surface area contributed by atoms with Gasteiger partial charge in [-0.1, -0.05) is 49.4 Å². The molecule has 0 unspecified atom stereocenters. The van der Waals surface area contributed by atoms with E-state index in [1.165, 1.54) is 21.6 Å². The Morgan fingerprint density at radius 2 is 2.13 bits per heavy atom. The number of nitrogens with zero attached hydrogens (tertiary/aromatic N) is 2. The Kier molecular flexibility index (Phi) is 5.49. The summed E-state index contributed by atoms with van der Waals surface area (Å²) in [6, 6.07) is 11.3. The minimum atomic E-state index is 0.000420. The van der Waals surface area contributed by atoms with Gasteiger partial charge >= 0.3 is 0 Å². The van der Waals surface area contributed by atoms with Crippen molar-refractivity contribution in [2.75, 3.05) is 24.7 Å². The van der Waals surface area contributed by atoms with Crippen molar-refractivity contribution in [2.24, 2.45) is 5.41 Å². The summed E-state index contributed by atoms with van der Waals surface area (Å²) in [4.78, 5) is 22.2. The third-order valence-corrected chi connectivity index (χ3v) is 8.38. The monoisotopic (exact) mass is 452 g/mol. The van der Waals surface area contributed by atoms with Crippen LogP contribution in [-0.4, -0.2) is 36.6 Å². The fourth-order valence-corrected chi connectivity index (χ4v) is 6.63. The molecule has 0 spiro atoms. The molecule has 0 N–H and O–H groups in total. The zero-order valence-corrected chi connectivity index (χ0v) is 19.9. The van der Waals surface area contributed by atoms with Gasteiger partial charge in [-0.25, -0.2) is 4.98 Å². The van der Waals surface area contributed by atoms with E-state index in [0.29, 0.717) is 19.6 Å². The predicted octanol–water partition coefficient (Wildman–Crippen LogP) is 5.78. The normalized spacial score (nSPS) is 20.7. The summed E-state index contributed by atoms with van der Waals surface area (Å²) < 4.78 is 5.85. The molecule has 4 nitrogen and oxygen atoms in total. The Hall–Kier alpha value is -2.02. The smallest absolute Gasteiger partial charge is 0.186 e. The minimum Gasteiger partial charge on any atom is -0.377 e. The average molecular weight is 453 g/mol. The number of benzene rings is 1. The van der Waals surface area contributed by atoms with E-state index >= 15 is 0 Å². The highest BCUT2D eigenvalue weighted by atomic mass is 32.1. The number of carbonyl (C=O) groups is 1. The number of aromatic nitrogens is 1. The van der Waals surface area contributed by atoms with Gasteiger partial charge in [0.25, 0.3) is 0 Å². The molecule has 1 aliphatic heterocycles. The second-order valence-corrected chi connectivity index (χ2v) is 11.4. The lowest BCUT2D eigenvalue weighted by molar-refractivity contribution is 0.0915. The van der Waals surface area contributed by atoms with Gasteiger partial charge in [0, 0.05) is 17.8 Å². The van der Waals surface area contributed by atoms with Crippen molar-refractivity contribution in [2.45, 2.75) is 46.1 Å². The Morgan fingerprint density at radius 3 is 2.94 bits per heavy atom. The molecule has 1 aliphatic carbocycles. The molecule has 0 radical (unpaired) electrons. The number of rotatable bonds is 4. The van der Waals surface area contributed by atoms with Crippen LogP contribution >= 0.6 is 22.7 Å². The molecule has 1 saturated heterocycles. The number of hydrogen-bond acceptors (Lipinski definition) is 6. The van der Waals surface area contributed by atoms with E-state index in [9.17, 15) is 4.79 Å². The Labute approximate surface area is 191 Å². The van der Waals surface area contributed by atoms with Crippen molar-refractivity contribution >= 4 is 33.6 Å². The largest absolute Gasteiger partial charge is 0.377 e. The van der Waals surface area contributed by atoms with Crippen molar-refractivity contribution in [1.29, 1.82) is 0 Å². The van der Waals surface area contributed by atoms with Crippen LogP contribution in [0.4, 0.5) is 5.13 Å². The number of ether oxygens (including phenoxy) is 1. The molecule has 2 aromatic heterocycles. The first-order chi connectivity index (χ1) is 14.9. The summed E-state index contributed by atoms with van der Waals surface area (Å²) in [6.07, 6.45) is 2.40. The Balaban J connectivity index is 1.39. The number of thiophene rings is 1. The molecule has 2 aliphatic rings. The van der Waals surface area contributed by atoms with Crippen LogP contribution in [0.1, 0.15) is 46.8 Å². The van der Waals surface area contributed by atoms with Crippen molar-refractivity contribution in [3.05, 3.63) is 57.4 Å². The maximum absolute atomic E-state index is 12.7. The summed E-state index contributed by atoms with van der Waals surface area (Å²) >= 11 is 3.37. The number of carbonyl (C=O) groups excluding carboxylic acids is 1. The number of aryl methyl sites for hydroxylation is 1. The van der Waals surface area contributed by atoms with Gasteiger partial charge < -0.3 is 9.64 Å². The molecule has 0 amide bonds. The number of morpholine rings is 1. The number of fused-ring (bicyclic) bond motifs is 1. The van der Waals surface area contributed by atoms with Crippen LogP contribution in [-0.2, 0) is 17.6 Å². The maximum Gasteiger partial charge on any atom is 0.186 e. The van der Waals surface area contributed by atoms with Crippen LogP contribution in [0.25, 0.3) is 10.4 Å². The fourth-order valence-electron chi connectivity index (χ4n) is 4.61. The standard InChI is InChI=1S/C25H28N2O2S2/c1-16-9-22(30-15-16)18-6-4-5-17(10-18)11-19-14-29-8-7-27(19)24-26-20-12-25(2,3)13-21(28)23(20)31-24/h4-6,9-10,15,19H,7-8,11-14H2,1-3H3/t19-/m0/s1. The first-order valence-electron chi connectivity index (χ1n) is 10.9. The Bertz CT molecular complexity index is 1110. The van der Waals surface area contributed by atoms with Gasteiger partial charge in [-0.3, -0.25) is 4.79 Å². The predicted molar refractivity (Wildman–Crippen MR) is 129 cm³/mol. The number of hydrogen-bond donors (Lipinski definition) is 0. The summed E-state index contributed by atoms with van der Waals surface area (Å²) in [5.74, 6) is 0.249. The molecule has 1 atom stereocenters. The van der Waals surface area contributed by atoms with Crippen molar-refractivity contribution < 1.29 is 9.53 Å². The van der Waals surface area contributed by atoms with Crippen molar-refractivity contribution in [3.63, 3.8) is 0 Å². The first kappa shape index (κ1) is 20.9. The van der Waals surface area contributed by atoms with E-state index in [-0.39, 0.29) is 17.2 Å². The first-order valence-corrected chi connectivity index (χ1v) is 12.6. The average Bonchev–Trinajstić information content (AvgIpc) is 3.34. The van der Waals surface area contributed by atoms with Crippen LogP contribution in [0, 0.1) is 12.3 Å². The topological polar surface area (TPSA) is 42.4 Å². The van der Waals surface area contributed by atoms with Crippen LogP contribution in [0.2, 0.25) is 0 Å². The summed E-state index contributed by atoms with van der Waals surface area (Å²) in [5, 5.41) is 3.18. The third kappa shape index (κ3) is 4.34. The molecule has 3 heterocycles. The molecular formula is C25H28N2O2S2. The summed E-state index contributed by atoms with van der Waals surface area (Å²) in [7, 11) is 0. The lowest BCUT2D eigenvalue weighted by Gasteiger charge is -2.35. The van der Waals surface area contributed by atoms with E-state index in [1.54, 1.807) is 22.7 Å². The van der Waals surface area contributed by atoms with E-state index < -0.39 is 0 Å². The second-order valence-electron chi connectivity index (χ2n) is 9.53. The van der Waals surface area contributed by atoms with E-state index in [0.717, 1.165) is 35.1 Å². The summed E-state index contributed by atoms with van der Waals surface area (Å²) in [6.45, 7) is 8.67. The lowest BCUT2D eigenvalue weighted by Crippen LogP contribution is -2.46. The highest BCUT2D eigenvalue weighted by molar-refractivity contribution is 7.17. The molecule has 0 bridgehead atoms. The molecule has 6 heteroatoms. The highest BCUT2D eigenvalue weighted by Gasteiger charge is 2.36. The Morgan fingerprint density at radius 1 is 1.26 bits per heavy atom. The van der Waals surface area contributed by atoms with Gasteiger partial charge in [0.2, 0.25) is 0 Å². The molecular weight excluding hydrogens is 424 g/mol. The maximum atomic E-state index is 12.7. The molecule has 1 aromatic carbocycles. The highest BCUT2D eigenvalue weighted by Crippen LogP contribution is 2.40. The molecule has 1 fully saturated rings. The molecule has 31 heavy (non-hydrogen) atoms. The van der Waals surface area contributed by atoms with E-state index in [2.05, 4.69) is 61.4 Å². The van der Waals surface area contributed by atoms with Gasteiger partial charge in [0.1, 0.15) is 0 Å². The SMILES string of the molecule is Cc1csc(-c2cccc(C[C@H]3COCCN3c3nc4c(s3)C(=O)CC(C)(C)C4)c2)c1. The molecule has 0 saturated carbocycles. The quantitative estimate of drug-likeness (QED) is 0.503. The summed E-state index contributed by atoms with van der Waals surface area (Å²) in [5.41, 5.74) is 4.88. The van der Waals surface area contributed by atoms with E-state index in [1.807, 2.05) is 0 Å². The number of ketones is 1. The fraction of sp³-hybridized carbons (Fsp3) is 0.440. The number of Topliss-reactive ketones (excluding diaryl/α,β-unsaturated/α-hetero) is 1. The van der Waals surface area contributed by atoms with Gasteiger partial charge in [0.15, 0.2) is 10.9 Å². The van der Waals surface area contributed by atoms with Crippen LogP contribution in [0.3, 0.4) is 0 Å². The van der Waals surface area contributed by atoms with E-state index in [4.69, 9.17) is 9.72 Å². The number of anilines is 1. The third-order valence-electron chi connectivity index (χ3n) is 6.11. The molecule has 5 rings (SSSR count). The van der Waals surface area contributed by atoms with Crippen molar-refractivity contribution in [3.8, 4) is 10.4 Å². The zero-order valence-electron chi connectivity index (χ0n) is 18.3. The van der Waals surface area contributed by atoms with Gasteiger partial charge in [-0.05, 0) is 53.3 Å². The molecule has 3 aromatic rings. The van der Waals surface area contributed by atoms with Gasteiger partial charge in [0.05, 0.1) is 29.8 Å². The number of thiazole rings is 1. The van der Waals surface area contributed by atoms with Crippen LogP contribution in [0.15, 0.2) is 35.7 Å². The second kappa shape index (κ2) is 8.15. The van der Waals surface area contributed by atoms with Gasteiger partial charge in [-0.15, -0.1) is 11.3 Å². The van der Waals surface area contributed by atoms with Crippen LogP contribution in [0.5, 0.6) is 0 Å². The minimum absolute atomic E-state index is 0.000420. The zero-order chi connectivity index (χ0) is 21.6. The van der Waals surface area contributed by atoms with Crippen LogP contribution < -0.4 is 4.90 Å². The lowest BCUT2D eigenvalue weighted by atomic mass is 9.78. The van der Waals surface area contributed by atoms with Crippen molar-refractivity contribution in [1.82, 2.24) is 4.98 Å².